The first-order valence-electron chi connectivity index (χ1n) is 5.70. The molecule has 3 heteroatoms. The third kappa shape index (κ3) is 3.33. The topological polar surface area (TPSA) is 43.4 Å². The van der Waals surface area contributed by atoms with Gasteiger partial charge in [-0.1, -0.05) is 12.2 Å². The average molecular weight is 222 g/mol. The first-order valence-corrected chi connectivity index (χ1v) is 5.70. The molecule has 0 heterocycles. The van der Waals surface area contributed by atoms with Gasteiger partial charge in [0.1, 0.15) is 6.29 Å². The maximum absolute atomic E-state index is 11.4. The van der Waals surface area contributed by atoms with Crippen LogP contribution < -0.4 is 0 Å². The van der Waals surface area contributed by atoms with Gasteiger partial charge in [0.05, 0.1) is 6.61 Å². The highest BCUT2D eigenvalue weighted by molar-refractivity contribution is 5.88. The summed E-state index contributed by atoms with van der Waals surface area (Å²) in [6.07, 6.45) is 5.26. The third-order valence-electron chi connectivity index (χ3n) is 2.76. The van der Waals surface area contributed by atoms with Crippen LogP contribution in [-0.4, -0.2) is 18.9 Å². The largest absolute Gasteiger partial charge is 0.463 e. The minimum absolute atomic E-state index is 0.356. The van der Waals surface area contributed by atoms with Gasteiger partial charge >= 0.3 is 5.97 Å². The molecule has 0 atom stereocenters. The van der Waals surface area contributed by atoms with E-state index < -0.39 is 0 Å². The van der Waals surface area contributed by atoms with Crippen molar-refractivity contribution in [1.82, 2.24) is 0 Å². The first-order chi connectivity index (χ1) is 7.69. The molecule has 3 nitrogen and oxygen atoms in total. The van der Waals surface area contributed by atoms with E-state index in [-0.39, 0.29) is 5.97 Å². The van der Waals surface area contributed by atoms with Crippen molar-refractivity contribution in [3.63, 3.8) is 0 Å². The summed E-state index contributed by atoms with van der Waals surface area (Å²) in [6.45, 7) is 5.84. The second-order valence-electron chi connectivity index (χ2n) is 3.95. The predicted molar refractivity (Wildman–Crippen MR) is 61.9 cm³/mol. The number of carbonyl (C=O) groups excluding carboxylic acids is 2. The molecule has 0 N–H and O–H groups in total. The fraction of sp³-hybridized carbons (Fsp3) is 0.538. The maximum Gasteiger partial charge on any atom is 0.333 e. The molecule has 1 aliphatic carbocycles. The van der Waals surface area contributed by atoms with Crippen LogP contribution in [0.5, 0.6) is 0 Å². The summed E-state index contributed by atoms with van der Waals surface area (Å²) in [5.74, 6) is -0.356. The fourth-order valence-electron chi connectivity index (χ4n) is 1.90. The fourth-order valence-corrected chi connectivity index (χ4v) is 1.90. The average Bonchev–Trinajstić information content (AvgIpc) is 2.30. The monoisotopic (exact) mass is 222 g/mol. The Morgan fingerprint density at radius 2 is 2.12 bits per heavy atom. The molecule has 0 unspecified atom stereocenters. The molecule has 0 fully saturated rings. The predicted octanol–water partition coefficient (Wildman–Crippen LogP) is 2.57. The van der Waals surface area contributed by atoms with Crippen LogP contribution >= 0.6 is 0 Å². The molecule has 0 spiro atoms. The van der Waals surface area contributed by atoms with Crippen LogP contribution in [0.25, 0.3) is 0 Å². The van der Waals surface area contributed by atoms with Gasteiger partial charge in [-0.3, -0.25) is 4.79 Å². The van der Waals surface area contributed by atoms with E-state index >= 15 is 0 Å². The molecule has 88 valence electrons. The molecule has 0 aromatic heterocycles. The number of esters is 1. The van der Waals surface area contributed by atoms with Crippen LogP contribution in [0, 0.1) is 0 Å². The van der Waals surface area contributed by atoms with Gasteiger partial charge in [0.25, 0.3) is 0 Å². The summed E-state index contributed by atoms with van der Waals surface area (Å²) in [5.41, 5.74) is 2.34. The Morgan fingerprint density at radius 1 is 1.44 bits per heavy atom. The number of aldehydes is 1. The number of carbonyl (C=O) groups is 2. The Kier molecular flexibility index (Phi) is 4.96. The van der Waals surface area contributed by atoms with Crippen molar-refractivity contribution in [3.05, 3.63) is 23.3 Å². The second kappa shape index (κ2) is 6.26. The molecule has 0 bridgehead atoms. The van der Waals surface area contributed by atoms with Crippen molar-refractivity contribution in [1.29, 1.82) is 0 Å². The molecule has 0 radical (unpaired) electrons. The summed E-state index contributed by atoms with van der Waals surface area (Å²) in [4.78, 5) is 22.2. The highest BCUT2D eigenvalue weighted by atomic mass is 16.5. The minimum atomic E-state index is -0.356. The van der Waals surface area contributed by atoms with Crippen LogP contribution in [0.3, 0.4) is 0 Å². The van der Waals surface area contributed by atoms with E-state index in [4.69, 9.17) is 4.74 Å². The van der Waals surface area contributed by atoms with Crippen molar-refractivity contribution < 1.29 is 14.3 Å². The van der Waals surface area contributed by atoms with Crippen molar-refractivity contribution in [2.24, 2.45) is 0 Å². The maximum atomic E-state index is 11.4. The number of allylic oxidation sites excluding steroid dienone is 2. The van der Waals surface area contributed by atoms with E-state index in [1.807, 2.05) is 0 Å². The highest BCUT2D eigenvalue weighted by Crippen LogP contribution is 2.28. The van der Waals surface area contributed by atoms with Crippen LogP contribution in [0.4, 0.5) is 0 Å². The molecule has 0 saturated carbocycles. The summed E-state index contributed by atoms with van der Waals surface area (Å²) >= 11 is 0. The quantitative estimate of drug-likeness (QED) is 0.408. The van der Waals surface area contributed by atoms with Crippen molar-refractivity contribution in [2.45, 2.75) is 39.0 Å². The van der Waals surface area contributed by atoms with Crippen molar-refractivity contribution in [2.75, 3.05) is 6.61 Å². The number of hydrogen-bond donors (Lipinski definition) is 0. The molecule has 0 aromatic rings. The lowest BCUT2D eigenvalue weighted by Gasteiger charge is -2.17. The Morgan fingerprint density at radius 3 is 2.75 bits per heavy atom. The molecular formula is C13H18O3. The van der Waals surface area contributed by atoms with E-state index in [2.05, 4.69) is 6.58 Å². The SMILES string of the molecule is C=C(CC1=C(C=O)CCCC1)C(=O)OCC. The minimum Gasteiger partial charge on any atom is -0.463 e. The number of rotatable bonds is 5. The smallest absolute Gasteiger partial charge is 0.333 e. The van der Waals surface area contributed by atoms with Gasteiger partial charge < -0.3 is 4.74 Å². The summed E-state index contributed by atoms with van der Waals surface area (Å²) in [6, 6.07) is 0. The molecule has 0 amide bonds. The zero-order valence-corrected chi connectivity index (χ0v) is 9.75. The zero-order chi connectivity index (χ0) is 12.0. The molecule has 0 aliphatic heterocycles. The molecule has 1 aliphatic rings. The lowest BCUT2D eigenvalue weighted by Crippen LogP contribution is -2.10. The molecular weight excluding hydrogens is 204 g/mol. The first kappa shape index (κ1) is 12.7. The van der Waals surface area contributed by atoms with Crippen LogP contribution in [-0.2, 0) is 14.3 Å². The van der Waals surface area contributed by atoms with E-state index in [0.717, 1.165) is 43.1 Å². The van der Waals surface area contributed by atoms with Crippen LogP contribution in [0.2, 0.25) is 0 Å². The van der Waals surface area contributed by atoms with E-state index in [1.165, 1.54) is 0 Å². The van der Waals surface area contributed by atoms with Crippen molar-refractivity contribution in [3.8, 4) is 0 Å². The van der Waals surface area contributed by atoms with Gasteiger partial charge in [0.15, 0.2) is 0 Å². The van der Waals surface area contributed by atoms with Gasteiger partial charge in [-0.25, -0.2) is 4.79 Å². The molecule has 1 rings (SSSR count). The Bertz CT molecular complexity index is 326. The van der Waals surface area contributed by atoms with Crippen LogP contribution in [0.1, 0.15) is 39.0 Å². The van der Waals surface area contributed by atoms with Crippen molar-refractivity contribution >= 4 is 12.3 Å². The second-order valence-corrected chi connectivity index (χ2v) is 3.95. The molecule has 16 heavy (non-hydrogen) atoms. The Labute approximate surface area is 96.2 Å². The summed E-state index contributed by atoms with van der Waals surface area (Å²) < 4.78 is 4.86. The molecule has 0 aromatic carbocycles. The molecule has 0 saturated heterocycles. The van der Waals surface area contributed by atoms with Gasteiger partial charge in [0, 0.05) is 12.0 Å². The van der Waals surface area contributed by atoms with Gasteiger partial charge in [-0.15, -0.1) is 0 Å². The number of ether oxygens (including phenoxy) is 1. The van der Waals surface area contributed by atoms with Crippen LogP contribution in [0.15, 0.2) is 23.3 Å². The van der Waals surface area contributed by atoms with Gasteiger partial charge in [0.2, 0.25) is 0 Å². The van der Waals surface area contributed by atoms with Gasteiger partial charge in [-0.05, 0) is 38.2 Å². The van der Waals surface area contributed by atoms with E-state index in [0.29, 0.717) is 18.6 Å². The van der Waals surface area contributed by atoms with E-state index in [9.17, 15) is 9.59 Å². The normalized spacial score (nSPS) is 15.8. The Hall–Kier alpha value is -1.38. The zero-order valence-electron chi connectivity index (χ0n) is 9.75. The van der Waals surface area contributed by atoms with E-state index in [1.54, 1.807) is 6.92 Å². The highest BCUT2D eigenvalue weighted by Gasteiger charge is 2.16. The Balaban J connectivity index is 2.64. The standard InChI is InChI=1S/C13H18O3/c1-3-16-13(15)10(2)8-11-6-4-5-7-12(11)9-14/h9H,2-8H2,1H3. The lowest BCUT2D eigenvalue weighted by atomic mass is 9.89. The van der Waals surface area contributed by atoms with Gasteiger partial charge in [-0.2, -0.15) is 0 Å². The summed E-state index contributed by atoms with van der Waals surface area (Å²) in [7, 11) is 0. The summed E-state index contributed by atoms with van der Waals surface area (Å²) in [5, 5.41) is 0. The number of hydrogen-bond acceptors (Lipinski definition) is 3. The lowest BCUT2D eigenvalue weighted by molar-refractivity contribution is -0.138. The third-order valence-corrected chi connectivity index (χ3v) is 2.76.